The average Bonchev–Trinajstić information content (AvgIpc) is 3.30. The highest BCUT2D eigenvalue weighted by Crippen LogP contribution is 2.26. The smallest absolute Gasteiger partial charge is 0.274 e. The van der Waals surface area contributed by atoms with E-state index in [0.29, 0.717) is 18.8 Å². The van der Waals surface area contributed by atoms with Crippen LogP contribution in [0.15, 0.2) is 30.7 Å². The van der Waals surface area contributed by atoms with Crippen LogP contribution in [0.25, 0.3) is 0 Å². The number of carbonyl (C=O) groups excluding carboxylic acids is 1. The van der Waals surface area contributed by atoms with Crippen LogP contribution in [-0.4, -0.2) is 54.7 Å². The number of carbonyl (C=O) groups is 1. The van der Waals surface area contributed by atoms with Gasteiger partial charge in [-0.1, -0.05) is 12.2 Å². The predicted octanol–water partition coefficient (Wildman–Crippen LogP) is 1.21. The van der Waals surface area contributed by atoms with Crippen molar-refractivity contribution in [2.75, 3.05) is 19.6 Å². The fraction of sp³-hybridized carbons (Fsp3) is 0.471. The van der Waals surface area contributed by atoms with Gasteiger partial charge in [-0.05, 0) is 6.92 Å². The van der Waals surface area contributed by atoms with Crippen LogP contribution in [0.5, 0.6) is 0 Å². The Morgan fingerprint density at radius 2 is 2.04 bits per heavy atom. The Morgan fingerprint density at radius 1 is 1.25 bits per heavy atom. The van der Waals surface area contributed by atoms with Crippen molar-refractivity contribution in [2.45, 2.75) is 26.1 Å². The molecule has 0 N–H and O–H groups in total. The zero-order chi connectivity index (χ0) is 16.7. The molecule has 1 atom stereocenters. The molecule has 2 aliphatic heterocycles. The van der Waals surface area contributed by atoms with Gasteiger partial charge in [0, 0.05) is 57.7 Å². The Labute approximate surface area is 141 Å². The summed E-state index contributed by atoms with van der Waals surface area (Å²) in [5, 5.41) is 4.24. The molecular weight excluding hydrogens is 304 g/mol. The normalized spacial score (nSPS) is 20.6. The van der Waals surface area contributed by atoms with Crippen molar-refractivity contribution in [3.8, 4) is 0 Å². The summed E-state index contributed by atoms with van der Waals surface area (Å²) in [6.07, 6.45) is 9.90. The van der Waals surface area contributed by atoms with Crippen molar-refractivity contribution in [3.63, 3.8) is 0 Å². The number of fused-ring (bicyclic) bond motifs is 1. The number of aryl methyl sites for hydroxylation is 1. The van der Waals surface area contributed by atoms with Crippen LogP contribution in [0.2, 0.25) is 0 Å². The van der Waals surface area contributed by atoms with Gasteiger partial charge in [0.2, 0.25) is 0 Å². The molecule has 126 valence electrons. The molecule has 24 heavy (non-hydrogen) atoms. The SMILES string of the molecule is C[C@@H]1c2nc(C(=O)N3CC=CC3)cn2CCN1Cc1cnn(C)c1. The molecule has 4 rings (SSSR count). The van der Waals surface area contributed by atoms with Gasteiger partial charge in [-0.2, -0.15) is 5.10 Å². The van der Waals surface area contributed by atoms with E-state index in [1.165, 1.54) is 5.56 Å². The van der Waals surface area contributed by atoms with Crippen LogP contribution in [0.1, 0.15) is 34.8 Å². The van der Waals surface area contributed by atoms with Crippen LogP contribution in [-0.2, 0) is 20.1 Å². The maximum atomic E-state index is 12.5. The molecule has 4 heterocycles. The van der Waals surface area contributed by atoms with E-state index in [1.54, 1.807) is 0 Å². The van der Waals surface area contributed by atoms with Gasteiger partial charge in [0.25, 0.3) is 5.91 Å². The molecule has 0 aliphatic carbocycles. The maximum Gasteiger partial charge on any atom is 0.274 e. The summed E-state index contributed by atoms with van der Waals surface area (Å²) in [6, 6.07) is 0.178. The van der Waals surface area contributed by atoms with Crippen LogP contribution in [0.4, 0.5) is 0 Å². The Kier molecular flexibility index (Phi) is 3.72. The van der Waals surface area contributed by atoms with Gasteiger partial charge in [-0.3, -0.25) is 14.4 Å². The lowest BCUT2D eigenvalue weighted by molar-refractivity contribution is 0.0794. The molecular formula is C17H22N6O. The highest BCUT2D eigenvalue weighted by molar-refractivity contribution is 5.92. The largest absolute Gasteiger partial charge is 0.331 e. The van der Waals surface area contributed by atoms with Crippen molar-refractivity contribution in [1.82, 2.24) is 29.1 Å². The molecule has 0 spiro atoms. The topological polar surface area (TPSA) is 59.2 Å². The first-order valence-electron chi connectivity index (χ1n) is 8.35. The molecule has 7 nitrogen and oxygen atoms in total. The molecule has 0 saturated carbocycles. The van der Waals surface area contributed by atoms with Gasteiger partial charge in [0.05, 0.1) is 12.2 Å². The molecule has 7 heteroatoms. The zero-order valence-electron chi connectivity index (χ0n) is 14.1. The van der Waals surface area contributed by atoms with E-state index in [-0.39, 0.29) is 11.9 Å². The Bertz CT molecular complexity index is 781. The van der Waals surface area contributed by atoms with E-state index < -0.39 is 0 Å². The van der Waals surface area contributed by atoms with Gasteiger partial charge in [-0.25, -0.2) is 4.98 Å². The fourth-order valence-electron chi connectivity index (χ4n) is 3.45. The first-order chi connectivity index (χ1) is 11.6. The van der Waals surface area contributed by atoms with Gasteiger partial charge < -0.3 is 9.47 Å². The fourth-order valence-corrected chi connectivity index (χ4v) is 3.45. The predicted molar refractivity (Wildman–Crippen MR) is 89.3 cm³/mol. The number of hydrogen-bond donors (Lipinski definition) is 0. The standard InChI is InChI=1S/C17H22N6O/c1-13-16-19-15(17(24)21-5-3-4-6-21)12-23(16)8-7-22(13)11-14-9-18-20(2)10-14/h3-4,9-10,12-13H,5-8,11H2,1-2H3/t13-/m1/s1. The second-order valence-corrected chi connectivity index (χ2v) is 6.53. The summed E-state index contributed by atoms with van der Waals surface area (Å²) in [6.45, 7) is 6.17. The van der Waals surface area contributed by atoms with E-state index in [2.05, 4.69) is 26.5 Å². The van der Waals surface area contributed by atoms with Crippen LogP contribution in [0.3, 0.4) is 0 Å². The molecule has 0 bridgehead atoms. The van der Waals surface area contributed by atoms with Gasteiger partial charge in [-0.15, -0.1) is 0 Å². The summed E-state index contributed by atoms with van der Waals surface area (Å²) in [5.74, 6) is 0.994. The molecule has 0 radical (unpaired) electrons. The molecule has 2 aromatic heterocycles. The number of rotatable bonds is 3. The maximum absolute atomic E-state index is 12.5. The number of hydrogen-bond acceptors (Lipinski definition) is 4. The number of nitrogens with zero attached hydrogens (tertiary/aromatic N) is 6. The molecule has 2 aliphatic rings. The van der Waals surface area contributed by atoms with Crippen LogP contribution < -0.4 is 0 Å². The summed E-state index contributed by atoms with van der Waals surface area (Å²) < 4.78 is 3.95. The lowest BCUT2D eigenvalue weighted by atomic mass is 10.2. The Morgan fingerprint density at radius 3 is 2.75 bits per heavy atom. The van der Waals surface area contributed by atoms with Crippen molar-refractivity contribution in [1.29, 1.82) is 0 Å². The van der Waals surface area contributed by atoms with E-state index in [4.69, 9.17) is 0 Å². The van der Waals surface area contributed by atoms with Crippen LogP contribution in [0, 0.1) is 0 Å². The van der Waals surface area contributed by atoms with Crippen LogP contribution >= 0.6 is 0 Å². The lowest BCUT2D eigenvalue weighted by Gasteiger charge is -2.33. The number of aromatic nitrogens is 4. The van der Waals surface area contributed by atoms with E-state index in [9.17, 15) is 4.79 Å². The highest BCUT2D eigenvalue weighted by Gasteiger charge is 2.29. The third-order valence-electron chi connectivity index (χ3n) is 4.83. The van der Waals surface area contributed by atoms with Crippen molar-refractivity contribution < 1.29 is 4.79 Å². The second kappa shape index (κ2) is 5.90. The van der Waals surface area contributed by atoms with Crippen molar-refractivity contribution in [2.24, 2.45) is 7.05 Å². The highest BCUT2D eigenvalue weighted by atomic mass is 16.2. The third kappa shape index (κ3) is 2.65. The summed E-state index contributed by atoms with van der Waals surface area (Å²) in [7, 11) is 1.93. The molecule has 1 amide bonds. The third-order valence-corrected chi connectivity index (χ3v) is 4.83. The molecule has 0 saturated heterocycles. The molecule has 2 aromatic rings. The summed E-state index contributed by atoms with van der Waals surface area (Å²) >= 11 is 0. The van der Waals surface area contributed by atoms with E-state index in [0.717, 1.165) is 25.5 Å². The minimum Gasteiger partial charge on any atom is -0.331 e. The zero-order valence-corrected chi connectivity index (χ0v) is 14.1. The first kappa shape index (κ1) is 15.1. The Balaban J connectivity index is 1.52. The quantitative estimate of drug-likeness (QED) is 0.796. The first-order valence-corrected chi connectivity index (χ1v) is 8.35. The molecule has 0 aromatic carbocycles. The summed E-state index contributed by atoms with van der Waals surface area (Å²) in [4.78, 5) is 21.4. The second-order valence-electron chi connectivity index (χ2n) is 6.53. The van der Waals surface area contributed by atoms with E-state index in [1.807, 2.05) is 47.4 Å². The lowest BCUT2D eigenvalue weighted by Crippen LogP contribution is -2.36. The number of imidazole rings is 1. The minimum atomic E-state index is 0.0212. The number of amides is 1. The van der Waals surface area contributed by atoms with Gasteiger partial charge >= 0.3 is 0 Å². The molecule has 0 fully saturated rings. The van der Waals surface area contributed by atoms with Crippen molar-refractivity contribution >= 4 is 5.91 Å². The monoisotopic (exact) mass is 326 g/mol. The summed E-state index contributed by atoms with van der Waals surface area (Å²) in [5.41, 5.74) is 1.76. The van der Waals surface area contributed by atoms with Gasteiger partial charge in [0.1, 0.15) is 11.5 Å². The minimum absolute atomic E-state index is 0.0212. The van der Waals surface area contributed by atoms with Gasteiger partial charge in [0.15, 0.2) is 0 Å². The Hall–Kier alpha value is -2.41. The molecule has 0 unspecified atom stereocenters. The average molecular weight is 326 g/mol. The van der Waals surface area contributed by atoms with Crippen molar-refractivity contribution in [3.05, 3.63) is 47.8 Å². The van der Waals surface area contributed by atoms with E-state index >= 15 is 0 Å².